The highest BCUT2D eigenvalue weighted by molar-refractivity contribution is 5.80. The van der Waals surface area contributed by atoms with E-state index in [2.05, 4.69) is 31.3 Å². The van der Waals surface area contributed by atoms with E-state index in [-0.39, 0.29) is 6.61 Å². The highest BCUT2D eigenvalue weighted by atomic mass is 16.3. The molecular weight excluding hydrogens is 594 g/mol. The van der Waals surface area contributed by atoms with Crippen molar-refractivity contribution in [3.05, 3.63) is 24.3 Å². The van der Waals surface area contributed by atoms with E-state index in [1.807, 2.05) is 6.08 Å². The minimum atomic E-state index is -1.09. The van der Waals surface area contributed by atoms with Crippen molar-refractivity contribution in [2.45, 2.75) is 238 Å². The Labute approximate surface area is 299 Å². The van der Waals surface area contributed by atoms with Crippen molar-refractivity contribution in [2.24, 2.45) is 0 Å². The van der Waals surface area contributed by atoms with Crippen molar-refractivity contribution in [2.75, 3.05) is 6.61 Å². The Morgan fingerprint density at radius 2 is 0.875 bits per heavy atom. The van der Waals surface area contributed by atoms with Gasteiger partial charge in [0.05, 0.1) is 18.8 Å². The molecule has 0 aliphatic carbocycles. The van der Waals surface area contributed by atoms with Gasteiger partial charge in [0.1, 0.15) is 6.10 Å². The average Bonchev–Trinajstić information content (AvgIpc) is 3.09. The van der Waals surface area contributed by atoms with Crippen LogP contribution in [0.2, 0.25) is 0 Å². The number of nitrogens with one attached hydrogen (secondary N) is 1. The summed E-state index contributed by atoms with van der Waals surface area (Å²) in [5.74, 6) is -0.504. The number of hydrogen-bond acceptors (Lipinski definition) is 4. The zero-order valence-corrected chi connectivity index (χ0v) is 32.1. The summed E-state index contributed by atoms with van der Waals surface area (Å²) in [5.41, 5.74) is 0. The zero-order chi connectivity index (χ0) is 35.2. The number of hydrogen-bond donors (Lipinski definition) is 4. The molecule has 0 fully saturated rings. The van der Waals surface area contributed by atoms with Crippen LogP contribution in [0.3, 0.4) is 0 Å². The smallest absolute Gasteiger partial charge is 0.249 e. The van der Waals surface area contributed by atoms with Crippen LogP contribution in [-0.2, 0) is 4.79 Å². The third-order valence-corrected chi connectivity index (χ3v) is 9.77. The predicted molar refractivity (Wildman–Crippen MR) is 208 cm³/mol. The highest BCUT2D eigenvalue weighted by Crippen LogP contribution is 2.16. The maximum atomic E-state index is 12.4. The van der Waals surface area contributed by atoms with Crippen molar-refractivity contribution in [3.8, 4) is 0 Å². The van der Waals surface area contributed by atoms with Crippen LogP contribution in [0.5, 0.6) is 0 Å². The first-order valence-electron chi connectivity index (χ1n) is 21.2. The highest BCUT2D eigenvalue weighted by Gasteiger charge is 2.22. The molecule has 3 atom stereocenters. The van der Waals surface area contributed by atoms with Gasteiger partial charge in [-0.3, -0.25) is 4.79 Å². The molecule has 0 rings (SSSR count). The second-order valence-corrected chi connectivity index (χ2v) is 14.6. The average molecular weight is 678 g/mol. The van der Waals surface area contributed by atoms with Crippen LogP contribution in [-0.4, -0.2) is 46.1 Å². The van der Waals surface area contributed by atoms with E-state index >= 15 is 0 Å². The molecule has 0 radical (unpaired) electrons. The Hall–Kier alpha value is -1.17. The van der Waals surface area contributed by atoms with Crippen molar-refractivity contribution in [3.63, 3.8) is 0 Å². The molecule has 5 nitrogen and oxygen atoms in total. The van der Waals surface area contributed by atoms with Gasteiger partial charge in [-0.15, -0.1) is 0 Å². The molecule has 0 aliphatic heterocycles. The number of aliphatic hydroxyl groups excluding tert-OH is 3. The van der Waals surface area contributed by atoms with Gasteiger partial charge in [-0.2, -0.15) is 0 Å². The van der Waals surface area contributed by atoms with Crippen LogP contribution in [0.1, 0.15) is 219 Å². The first kappa shape index (κ1) is 46.8. The van der Waals surface area contributed by atoms with Crippen molar-refractivity contribution in [1.82, 2.24) is 5.32 Å². The minimum Gasteiger partial charge on any atom is -0.394 e. The fourth-order valence-electron chi connectivity index (χ4n) is 6.42. The van der Waals surface area contributed by atoms with Crippen molar-refractivity contribution < 1.29 is 20.1 Å². The SMILES string of the molecule is CCC/C=C\CCCCCCCC/C=C/[C@@H](O)[C@H](CO)NC(=O)C(O)CCCCCCCCCCCCCCCCCCCCCCC. The van der Waals surface area contributed by atoms with Gasteiger partial charge >= 0.3 is 0 Å². The van der Waals surface area contributed by atoms with Crippen LogP contribution in [0.4, 0.5) is 0 Å². The number of unbranched alkanes of at least 4 members (excludes halogenated alkanes) is 28. The van der Waals surface area contributed by atoms with E-state index < -0.39 is 24.2 Å². The lowest BCUT2D eigenvalue weighted by Gasteiger charge is -2.21. The standard InChI is InChI=1S/C43H83NO4/c1-3-5-7-9-11-13-15-17-18-19-20-21-22-23-24-26-28-30-32-34-36-38-42(47)43(48)44-40(39-45)41(46)37-35-33-31-29-27-25-16-14-12-10-8-6-4-2/h8,10,35,37,40-42,45-47H,3-7,9,11-34,36,38-39H2,1-2H3,(H,44,48)/b10-8-,37-35+/t40-,41+,42?/m0/s1. The molecule has 0 aromatic carbocycles. The number of carbonyl (C=O) groups excluding carboxylic acids is 1. The lowest BCUT2D eigenvalue weighted by molar-refractivity contribution is -0.131. The van der Waals surface area contributed by atoms with Gasteiger partial charge in [-0.25, -0.2) is 0 Å². The Kier molecular flexibility index (Phi) is 37.7. The van der Waals surface area contributed by atoms with Crippen LogP contribution in [0.25, 0.3) is 0 Å². The quantitative estimate of drug-likeness (QED) is 0.0387. The molecule has 5 heteroatoms. The Morgan fingerprint density at radius 3 is 1.29 bits per heavy atom. The molecule has 48 heavy (non-hydrogen) atoms. The zero-order valence-electron chi connectivity index (χ0n) is 32.1. The lowest BCUT2D eigenvalue weighted by atomic mass is 10.0. The molecule has 0 bridgehead atoms. The predicted octanol–water partition coefficient (Wildman–Crippen LogP) is 11.8. The van der Waals surface area contributed by atoms with Gasteiger partial charge < -0.3 is 20.6 Å². The number of carbonyl (C=O) groups is 1. The third kappa shape index (κ3) is 33.3. The molecule has 0 heterocycles. The van der Waals surface area contributed by atoms with Gasteiger partial charge in [-0.1, -0.05) is 205 Å². The van der Waals surface area contributed by atoms with E-state index in [4.69, 9.17) is 0 Å². The molecule has 0 aromatic rings. The largest absolute Gasteiger partial charge is 0.394 e. The van der Waals surface area contributed by atoms with Crippen molar-refractivity contribution >= 4 is 5.91 Å². The minimum absolute atomic E-state index is 0.364. The molecule has 1 unspecified atom stereocenters. The molecule has 1 amide bonds. The summed E-state index contributed by atoms with van der Waals surface area (Å²) in [5, 5.41) is 33.1. The topological polar surface area (TPSA) is 89.8 Å². The fourth-order valence-corrected chi connectivity index (χ4v) is 6.42. The van der Waals surface area contributed by atoms with Gasteiger partial charge in [0, 0.05) is 0 Å². The monoisotopic (exact) mass is 678 g/mol. The summed E-state index contributed by atoms with van der Waals surface area (Å²) >= 11 is 0. The molecule has 284 valence electrons. The van der Waals surface area contributed by atoms with E-state index in [1.165, 1.54) is 167 Å². The number of allylic oxidation sites excluding steroid dienone is 3. The van der Waals surface area contributed by atoms with Gasteiger partial charge in [0.2, 0.25) is 5.91 Å². The fraction of sp³-hybridized carbons (Fsp3) is 0.884. The molecule has 0 aromatic heterocycles. The first-order chi connectivity index (χ1) is 23.6. The summed E-state index contributed by atoms with van der Waals surface area (Å²) in [6, 6.07) is -0.797. The first-order valence-corrected chi connectivity index (χ1v) is 21.2. The Morgan fingerprint density at radius 1 is 0.500 bits per heavy atom. The van der Waals surface area contributed by atoms with Crippen LogP contribution in [0, 0.1) is 0 Å². The summed E-state index contributed by atoms with van der Waals surface area (Å²) in [7, 11) is 0. The number of aliphatic hydroxyl groups is 3. The van der Waals surface area contributed by atoms with Gasteiger partial charge in [0.25, 0.3) is 0 Å². The van der Waals surface area contributed by atoms with Gasteiger partial charge in [-0.05, 0) is 38.5 Å². The van der Waals surface area contributed by atoms with E-state index in [1.54, 1.807) is 6.08 Å². The van der Waals surface area contributed by atoms with Crippen LogP contribution >= 0.6 is 0 Å². The van der Waals surface area contributed by atoms with E-state index in [9.17, 15) is 20.1 Å². The molecule has 0 spiro atoms. The van der Waals surface area contributed by atoms with Crippen molar-refractivity contribution in [1.29, 1.82) is 0 Å². The molecular formula is C43H83NO4. The van der Waals surface area contributed by atoms with E-state index in [0.29, 0.717) is 6.42 Å². The summed E-state index contributed by atoms with van der Waals surface area (Å²) in [6.45, 7) is 4.13. The molecule has 0 saturated carbocycles. The van der Waals surface area contributed by atoms with Crippen LogP contribution < -0.4 is 5.32 Å². The maximum Gasteiger partial charge on any atom is 0.249 e. The summed E-state index contributed by atoms with van der Waals surface area (Å²) in [4.78, 5) is 12.4. The number of amides is 1. The summed E-state index contributed by atoms with van der Waals surface area (Å²) < 4.78 is 0. The summed E-state index contributed by atoms with van der Waals surface area (Å²) in [6.07, 6.45) is 46.4. The van der Waals surface area contributed by atoms with Crippen LogP contribution in [0.15, 0.2) is 24.3 Å². The second kappa shape index (κ2) is 38.6. The second-order valence-electron chi connectivity index (χ2n) is 14.6. The molecule has 0 aliphatic rings. The Balaban J connectivity index is 3.63. The van der Waals surface area contributed by atoms with Gasteiger partial charge in [0.15, 0.2) is 0 Å². The third-order valence-electron chi connectivity index (χ3n) is 9.77. The molecule has 0 saturated heterocycles. The Bertz CT molecular complexity index is 709. The molecule has 4 N–H and O–H groups in total. The lowest BCUT2D eigenvalue weighted by Crippen LogP contribution is -2.48. The number of rotatable bonds is 38. The van der Waals surface area contributed by atoms with E-state index in [0.717, 1.165) is 32.1 Å². The normalized spacial score (nSPS) is 13.9. The maximum absolute atomic E-state index is 12.4.